The molecule has 0 aromatic heterocycles. The summed E-state index contributed by atoms with van der Waals surface area (Å²) in [5.41, 5.74) is 0.628. The molecule has 1 aliphatic rings. The van der Waals surface area contributed by atoms with Crippen molar-refractivity contribution in [1.82, 2.24) is 10.2 Å². The summed E-state index contributed by atoms with van der Waals surface area (Å²) in [6, 6.07) is 8.93. The summed E-state index contributed by atoms with van der Waals surface area (Å²) in [6.45, 7) is 3.59. The van der Waals surface area contributed by atoms with Crippen LogP contribution in [0.3, 0.4) is 0 Å². The van der Waals surface area contributed by atoms with Crippen molar-refractivity contribution in [3.05, 3.63) is 35.9 Å². The van der Waals surface area contributed by atoms with Crippen molar-refractivity contribution < 1.29 is 9.59 Å². The Morgan fingerprint density at radius 1 is 1.21 bits per heavy atom. The molecule has 1 unspecified atom stereocenters. The molecule has 1 saturated heterocycles. The normalized spacial score (nSPS) is 16.2. The summed E-state index contributed by atoms with van der Waals surface area (Å²) in [4.78, 5) is 25.8. The van der Waals surface area contributed by atoms with Gasteiger partial charge in [0.15, 0.2) is 0 Å². The molecule has 1 fully saturated rings. The van der Waals surface area contributed by atoms with Crippen LogP contribution in [0.2, 0.25) is 0 Å². The first-order valence-electron chi connectivity index (χ1n) is 6.80. The summed E-state index contributed by atoms with van der Waals surface area (Å²) < 4.78 is 0. The molecule has 1 atom stereocenters. The van der Waals surface area contributed by atoms with Gasteiger partial charge >= 0.3 is 0 Å². The third kappa shape index (κ3) is 3.81. The molecule has 0 radical (unpaired) electrons. The third-order valence-electron chi connectivity index (χ3n) is 3.35. The zero-order valence-corrected chi connectivity index (χ0v) is 11.3. The van der Waals surface area contributed by atoms with Crippen molar-refractivity contribution in [2.24, 2.45) is 0 Å². The summed E-state index contributed by atoms with van der Waals surface area (Å²) in [5.74, 6) is 0.0145. The molecule has 102 valence electrons. The van der Waals surface area contributed by atoms with E-state index < -0.39 is 0 Å². The van der Waals surface area contributed by atoms with E-state index in [-0.39, 0.29) is 17.9 Å². The number of nitrogens with zero attached hydrogens (tertiary/aromatic N) is 1. The summed E-state index contributed by atoms with van der Waals surface area (Å²) in [7, 11) is 0. The lowest BCUT2D eigenvalue weighted by atomic mass is 10.1. The van der Waals surface area contributed by atoms with Crippen LogP contribution in [0.1, 0.15) is 36.5 Å². The third-order valence-corrected chi connectivity index (χ3v) is 3.35. The van der Waals surface area contributed by atoms with Crippen LogP contribution in [-0.4, -0.2) is 35.8 Å². The molecular formula is C15H20N2O2. The second-order valence-electron chi connectivity index (χ2n) is 5.03. The van der Waals surface area contributed by atoms with E-state index in [0.29, 0.717) is 12.0 Å². The summed E-state index contributed by atoms with van der Waals surface area (Å²) in [6.07, 6.45) is 2.56. The molecule has 0 bridgehead atoms. The number of likely N-dealkylation sites (tertiary alicyclic amines) is 1. The van der Waals surface area contributed by atoms with E-state index in [9.17, 15) is 9.59 Å². The Bertz CT molecular complexity index is 439. The van der Waals surface area contributed by atoms with E-state index in [0.717, 1.165) is 25.9 Å². The quantitative estimate of drug-likeness (QED) is 0.897. The number of hydrogen-bond donors (Lipinski definition) is 1. The van der Waals surface area contributed by atoms with E-state index in [4.69, 9.17) is 0 Å². The number of carbonyl (C=O) groups is 2. The molecule has 1 N–H and O–H groups in total. The van der Waals surface area contributed by atoms with Crippen molar-refractivity contribution in [2.45, 2.75) is 32.2 Å². The fourth-order valence-electron chi connectivity index (χ4n) is 2.31. The second kappa shape index (κ2) is 6.36. The fraction of sp³-hybridized carbons (Fsp3) is 0.467. The Labute approximate surface area is 113 Å². The van der Waals surface area contributed by atoms with Gasteiger partial charge in [0.2, 0.25) is 5.91 Å². The smallest absolute Gasteiger partial charge is 0.251 e. The highest BCUT2D eigenvalue weighted by atomic mass is 16.2. The maximum Gasteiger partial charge on any atom is 0.251 e. The van der Waals surface area contributed by atoms with E-state index in [2.05, 4.69) is 5.32 Å². The van der Waals surface area contributed by atoms with Crippen LogP contribution in [-0.2, 0) is 4.79 Å². The molecule has 2 rings (SSSR count). The molecule has 1 aromatic carbocycles. The van der Waals surface area contributed by atoms with Crippen LogP contribution in [0.15, 0.2) is 30.3 Å². The van der Waals surface area contributed by atoms with Gasteiger partial charge in [-0.2, -0.15) is 0 Å². The summed E-state index contributed by atoms with van der Waals surface area (Å²) in [5, 5.41) is 2.86. The topological polar surface area (TPSA) is 49.4 Å². The monoisotopic (exact) mass is 260 g/mol. The van der Waals surface area contributed by atoms with Gasteiger partial charge in [0.05, 0.1) is 0 Å². The van der Waals surface area contributed by atoms with Crippen molar-refractivity contribution in [3.63, 3.8) is 0 Å². The molecule has 4 heteroatoms. The number of rotatable bonds is 4. The molecule has 19 heavy (non-hydrogen) atoms. The van der Waals surface area contributed by atoms with Crippen molar-refractivity contribution in [1.29, 1.82) is 0 Å². The van der Waals surface area contributed by atoms with Gasteiger partial charge in [-0.25, -0.2) is 0 Å². The van der Waals surface area contributed by atoms with Gasteiger partial charge in [-0.3, -0.25) is 9.59 Å². The zero-order chi connectivity index (χ0) is 13.7. The molecule has 0 spiro atoms. The summed E-state index contributed by atoms with van der Waals surface area (Å²) >= 11 is 0. The van der Waals surface area contributed by atoms with Gasteiger partial charge in [0.25, 0.3) is 5.91 Å². The Hall–Kier alpha value is -1.84. The highest BCUT2D eigenvalue weighted by Gasteiger charge is 2.20. The Morgan fingerprint density at radius 3 is 2.47 bits per heavy atom. The standard InChI is InChI=1S/C15H20N2O2/c1-12(11-14(18)17-9-5-6-10-17)16-15(19)13-7-3-2-4-8-13/h2-4,7-8,12H,5-6,9-11H2,1H3,(H,16,19). The van der Waals surface area contributed by atoms with Crippen molar-refractivity contribution >= 4 is 11.8 Å². The SMILES string of the molecule is CC(CC(=O)N1CCCC1)NC(=O)c1ccccc1. The molecule has 1 heterocycles. The van der Waals surface area contributed by atoms with Gasteiger partial charge in [0.1, 0.15) is 0 Å². The largest absolute Gasteiger partial charge is 0.349 e. The Kier molecular flexibility index (Phi) is 4.55. The molecular weight excluding hydrogens is 240 g/mol. The first kappa shape index (κ1) is 13.6. The van der Waals surface area contributed by atoms with Crippen LogP contribution in [0.4, 0.5) is 0 Å². The van der Waals surface area contributed by atoms with Gasteiger partial charge < -0.3 is 10.2 Å². The minimum atomic E-state index is -0.138. The van der Waals surface area contributed by atoms with E-state index in [1.807, 2.05) is 30.0 Å². The fourth-order valence-corrected chi connectivity index (χ4v) is 2.31. The van der Waals surface area contributed by atoms with Crippen LogP contribution < -0.4 is 5.32 Å². The maximum atomic E-state index is 11.9. The van der Waals surface area contributed by atoms with Crippen LogP contribution >= 0.6 is 0 Å². The predicted molar refractivity (Wildman–Crippen MR) is 73.8 cm³/mol. The Morgan fingerprint density at radius 2 is 1.84 bits per heavy atom. The molecule has 4 nitrogen and oxygen atoms in total. The molecule has 0 aliphatic carbocycles. The average Bonchev–Trinajstić information content (AvgIpc) is 2.93. The van der Waals surface area contributed by atoms with Crippen molar-refractivity contribution in [3.8, 4) is 0 Å². The van der Waals surface area contributed by atoms with E-state index >= 15 is 0 Å². The minimum absolute atomic E-state index is 0.123. The lowest BCUT2D eigenvalue weighted by molar-refractivity contribution is -0.130. The van der Waals surface area contributed by atoms with Crippen LogP contribution in [0.5, 0.6) is 0 Å². The van der Waals surface area contributed by atoms with Gasteiger partial charge in [-0.1, -0.05) is 18.2 Å². The van der Waals surface area contributed by atoms with Crippen LogP contribution in [0.25, 0.3) is 0 Å². The first-order valence-corrected chi connectivity index (χ1v) is 6.80. The number of amides is 2. The number of nitrogens with one attached hydrogen (secondary N) is 1. The van der Waals surface area contributed by atoms with Gasteiger partial charge in [-0.05, 0) is 31.9 Å². The second-order valence-corrected chi connectivity index (χ2v) is 5.03. The molecule has 2 amide bonds. The highest BCUT2D eigenvalue weighted by Crippen LogP contribution is 2.10. The number of carbonyl (C=O) groups excluding carboxylic acids is 2. The molecule has 1 aromatic rings. The average molecular weight is 260 g/mol. The Balaban J connectivity index is 1.82. The zero-order valence-electron chi connectivity index (χ0n) is 11.3. The van der Waals surface area contributed by atoms with Crippen molar-refractivity contribution in [2.75, 3.05) is 13.1 Å². The molecule has 0 saturated carbocycles. The lowest BCUT2D eigenvalue weighted by Gasteiger charge is -2.19. The lowest BCUT2D eigenvalue weighted by Crippen LogP contribution is -2.38. The number of hydrogen-bond acceptors (Lipinski definition) is 2. The van der Waals surface area contributed by atoms with E-state index in [1.54, 1.807) is 12.1 Å². The number of benzene rings is 1. The maximum absolute atomic E-state index is 11.9. The first-order chi connectivity index (χ1) is 9.16. The van der Waals surface area contributed by atoms with Gasteiger partial charge in [-0.15, -0.1) is 0 Å². The van der Waals surface area contributed by atoms with Crippen LogP contribution in [0, 0.1) is 0 Å². The van der Waals surface area contributed by atoms with E-state index in [1.165, 1.54) is 0 Å². The minimum Gasteiger partial charge on any atom is -0.349 e. The highest BCUT2D eigenvalue weighted by molar-refractivity contribution is 5.94. The van der Waals surface area contributed by atoms with Gasteiger partial charge in [0, 0.05) is 31.1 Å². The predicted octanol–water partition coefficient (Wildman–Crippen LogP) is 1.82. The molecule has 1 aliphatic heterocycles.